The Morgan fingerprint density at radius 1 is 1.33 bits per heavy atom. The van der Waals surface area contributed by atoms with Crippen molar-refractivity contribution in [3.63, 3.8) is 0 Å². The number of benzene rings is 1. The monoisotopic (exact) mass is 412 g/mol. The molecule has 1 aromatic carbocycles. The predicted molar refractivity (Wildman–Crippen MR) is 107 cm³/mol. The molecule has 0 aromatic heterocycles. The number of nitrogens with zero attached hydrogens (tertiary/aromatic N) is 1. The third kappa shape index (κ3) is 6.36. The van der Waals surface area contributed by atoms with Crippen LogP contribution in [0.5, 0.6) is 0 Å². The number of carbonyl (C=O) groups excluding carboxylic acids is 1. The van der Waals surface area contributed by atoms with Crippen LogP contribution < -0.4 is 16.0 Å². The van der Waals surface area contributed by atoms with Gasteiger partial charge in [0.05, 0.1) is 0 Å². The molecule has 2 unspecified atom stereocenters. The van der Waals surface area contributed by atoms with Crippen molar-refractivity contribution in [1.82, 2.24) is 10.6 Å². The number of rotatable bonds is 6. The van der Waals surface area contributed by atoms with Gasteiger partial charge in [0.1, 0.15) is 0 Å². The van der Waals surface area contributed by atoms with Crippen LogP contribution in [0, 0.1) is 0 Å². The van der Waals surface area contributed by atoms with E-state index in [4.69, 9.17) is 0 Å². The van der Waals surface area contributed by atoms with Crippen LogP contribution in [0.4, 0.5) is 5.69 Å². The van der Waals surface area contributed by atoms with E-state index in [2.05, 4.69) is 43.1 Å². The summed E-state index contributed by atoms with van der Waals surface area (Å²) in [4.78, 5) is 16.2. The minimum atomic E-state index is -0.0106. The Labute approximate surface area is 156 Å². The van der Waals surface area contributed by atoms with E-state index in [9.17, 15) is 4.79 Å². The Kier molecular flexibility index (Phi) is 7.91. The number of carbonyl (C=O) groups is 1. The third-order valence-corrected chi connectivity index (χ3v) is 5.68. The summed E-state index contributed by atoms with van der Waals surface area (Å²) in [7, 11) is 1.76. The van der Waals surface area contributed by atoms with Gasteiger partial charge in [0.25, 0.3) is 0 Å². The Hall–Kier alpha value is -1.21. The maximum absolute atomic E-state index is 12.0. The molecule has 0 aliphatic heterocycles. The lowest BCUT2D eigenvalue weighted by molar-refractivity contribution is -0.116. The number of guanidine groups is 1. The van der Waals surface area contributed by atoms with E-state index in [1.54, 1.807) is 7.05 Å². The molecule has 1 amide bonds. The van der Waals surface area contributed by atoms with Crippen LogP contribution in [0.2, 0.25) is 0 Å². The van der Waals surface area contributed by atoms with Gasteiger partial charge in [-0.25, -0.2) is 0 Å². The van der Waals surface area contributed by atoms with E-state index < -0.39 is 0 Å². The fourth-order valence-electron chi connectivity index (χ4n) is 2.72. The molecule has 1 saturated carbocycles. The number of thioether (sulfide) groups is 1. The summed E-state index contributed by atoms with van der Waals surface area (Å²) in [6.45, 7) is 0.556. The fraction of sp³-hybridized carbons (Fsp3) is 0.529. The average molecular weight is 413 g/mol. The molecular weight excluding hydrogens is 388 g/mol. The molecule has 1 aliphatic rings. The van der Waals surface area contributed by atoms with Crippen LogP contribution >= 0.6 is 27.7 Å². The summed E-state index contributed by atoms with van der Waals surface area (Å²) in [5.74, 6) is 0.766. The van der Waals surface area contributed by atoms with Gasteiger partial charge in [0.15, 0.2) is 5.96 Å². The Balaban J connectivity index is 1.68. The van der Waals surface area contributed by atoms with E-state index in [1.807, 2.05) is 36.0 Å². The van der Waals surface area contributed by atoms with Crippen molar-refractivity contribution in [2.75, 3.05) is 25.2 Å². The molecule has 2 atom stereocenters. The Bertz CT molecular complexity index is 564. The van der Waals surface area contributed by atoms with E-state index in [-0.39, 0.29) is 5.91 Å². The summed E-state index contributed by atoms with van der Waals surface area (Å²) in [5.41, 5.74) is 0.805. The Morgan fingerprint density at radius 3 is 2.71 bits per heavy atom. The van der Waals surface area contributed by atoms with Gasteiger partial charge in [0.2, 0.25) is 5.91 Å². The molecule has 5 nitrogen and oxygen atoms in total. The van der Waals surface area contributed by atoms with Crippen LogP contribution in [-0.2, 0) is 4.79 Å². The summed E-state index contributed by atoms with van der Waals surface area (Å²) < 4.78 is 0.993. The zero-order chi connectivity index (χ0) is 17.4. The third-order valence-electron chi connectivity index (χ3n) is 4.05. The number of hydrogen-bond acceptors (Lipinski definition) is 3. The molecule has 132 valence electrons. The maximum atomic E-state index is 12.0. The maximum Gasteiger partial charge on any atom is 0.226 e. The first kappa shape index (κ1) is 19.1. The van der Waals surface area contributed by atoms with Gasteiger partial charge in [-0.2, -0.15) is 11.8 Å². The van der Waals surface area contributed by atoms with Crippen molar-refractivity contribution in [1.29, 1.82) is 0 Å². The van der Waals surface area contributed by atoms with Crippen LogP contribution in [0.3, 0.4) is 0 Å². The number of nitrogens with one attached hydrogen (secondary N) is 3. The van der Waals surface area contributed by atoms with Gasteiger partial charge < -0.3 is 16.0 Å². The summed E-state index contributed by atoms with van der Waals surface area (Å²) >= 11 is 5.32. The topological polar surface area (TPSA) is 65.5 Å². The first-order valence-electron chi connectivity index (χ1n) is 8.16. The zero-order valence-electron chi connectivity index (χ0n) is 14.1. The van der Waals surface area contributed by atoms with E-state index >= 15 is 0 Å². The Morgan fingerprint density at radius 2 is 2.08 bits per heavy atom. The lowest BCUT2D eigenvalue weighted by Crippen LogP contribution is -2.43. The van der Waals surface area contributed by atoms with E-state index in [1.165, 1.54) is 19.3 Å². The minimum absolute atomic E-state index is 0.0106. The van der Waals surface area contributed by atoms with Crippen LogP contribution in [-0.4, -0.2) is 43.0 Å². The first-order valence-corrected chi connectivity index (χ1v) is 10.2. The second-order valence-electron chi connectivity index (χ2n) is 5.82. The molecule has 0 radical (unpaired) electrons. The molecule has 0 spiro atoms. The van der Waals surface area contributed by atoms with E-state index in [0.29, 0.717) is 19.0 Å². The molecule has 1 fully saturated rings. The lowest BCUT2D eigenvalue weighted by atomic mass is 10.2. The first-order chi connectivity index (χ1) is 11.6. The molecule has 2 rings (SSSR count). The molecule has 0 saturated heterocycles. The normalized spacial score (nSPS) is 20.7. The minimum Gasteiger partial charge on any atom is -0.356 e. The van der Waals surface area contributed by atoms with Gasteiger partial charge in [-0.3, -0.25) is 9.79 Å². The van der Waals surface area contributed by atoms with Crippen molar-refractivity contribution < 1.29 is 4.79 Å². The summed E-state index contributed by atoms with van der Waals surface area (Å²) in [5, 5.41) is 10.3. The van der Waals surface area contributed by atoms with E-state index in [0.717, 1.165) is 21.4 Å². The van der Waals surface area contributed by atoms with Gasteiger partial charge in [-0.1, -0.05) is 15.9 Å². The number of aliphatic imine (C=N–C) groups is 1. The van der Waals surface area contributed by atoms with Crippen molar-refractivity contribution in [3.8, 4) is 0 Å². The molecule has 3 N–H and O–H groups in total. The number of hydrogen-bond donors (Lipinski definition) is 3. The molecule has 1 aliphatic carbocycles. The van der Waals surface area contributed by atoms with Gasteiger partial charge >= 0.3 is 0 Å². The molecule has 0 heterocycles. The molecule has 1 aromatic rings. The highest BCUT2D eigenvalue weighted by Gasteiger charge is 2.24. The summed E-state index contributed by atoms with van der Waals surface area (Å²) in [6.07, 6.45) is 6.17. The number of anilines is 1. The van der Waals surface area contributed by atoms with Crippen molar-refractivity contribution in [2.45, 2.75) is 37.0 Å². The molecule has 0 bridgehead atoms. The SMILES string of the molecule is CN=C(NCCC(=O)Nc1ccc(Br)cc1)NC1CCC(SC)C1. The molecule has 7 heteroatoms. The average Bonchev–Trinajstić information content (AvgIpc) is 3.03. The van der Waals surface area contributed by atoms with Gasteiger partial charge in [0, 0.05) is 41.5 Å². The smallest absolute Gasteiger partial charge is 0.226 e. The standard InChI is InChI=1S/C17H25BrN4OS/c1-19-17(22-14-7-8-15(11-14)24-2)20-10-9-16(23)21-13-5-3-12(18)4-6-13/h3-6,14-15H,7-11H2,1-2H3,(H,21,23)(H2,19,20,22). The number of amides is 1. The number of halogens is 1. The molecule has 24 heavy (non-hydrogen) atoms. The lowest BCUT2D eigenvalue weighted by Gasteiger charge is -2.17. The largest absolute Gasteiger partial charge is 0.356 e. The van der Waals surface area contributed by atoms with Crippen molar-refractivity contribution in [2.24, 2.45) is 4.99 Å². The second kappa shape index (κ2) is 9.93. The van der Waals surface area contributed by atoms with Crippen molar-refractivity contribution in [3.05, 3.63) is 28.7 Å². The van der Waals surface area contributed by atoms with Gasteiger partial charge in [-0.15, -0.1) is 0 Å². The predicted octanol–water partition coefficient (Wildman–Crippen LogP) is 3.23. The van der Waals surface area contributed by atoms with Crippen LogP contribution in [0.1, 0.15) is 25.7 Å². The highest BCUT2D eigenvalue weighted by molar-refractivity contribution is 9.10. The molecular formula is C17H25BrN4OS. The van der Waals surface area contributed by atoms with Crippen LogP contribution in [0.15, 0.2) is 33.7 Å². The fourth-order valence-corrected chi connectivity index (χ4v) is 3.79. The van der Waals surface area contributed by atoms with Gasteiger partial charge in [-0.05, 0) is 49.8 Å². The highest BCUT2D eigenvalue weighted by Crippen LogP contribution is 2.27. The van der Waals surface area contributed by atoms with Crippen LogP contribution in [0.25, 0.3) is 0 Å². The quantitative estimate of drug-likeness (QED) is 0.495. The second-order valence-corrected chi connectivity index (χ2v) is 7.87. The van der Waals surface area contributed by atoms with Crippen molar-refractivity contribution >= 4 is 45.2 Å². The highest BCUT2D eigenvalue weighted by atomic mass is 79.9. The zero-order valence-corrected chi connectivity index (χ0v) is 16.5. The summed E-state index contributed by atoms with van der Waals surface area (Å²) in [6, 6.07) is 8.04.